The number of hydrogen-bond acceptors (Lipinski definition) is 8. The summed E-state index contributed by atoms with van der Waals surface area (Å²) in [5.74, 6) is 0.982. The van der Waals surface area contributed by atoms with Crippen molar-refractivity contribution in [1.29, 1.82) is 0 Å². The second-order valence-electron chi connectivity index (χ2n) is 7.46. The molecule has 0 unspecified atom stereocenters. The Morgan fingerprint density at radius 3 is 2.73 bits per heavy atom. The van der Waals surface area contributed by atoms with Crippen molar-refractivity contribution >= 4 is 17.4 Å². The summed E-state index contributed by atoms with van der Waals surface area (Å²) in [5.41, 5.74) is 1.39. The summed E-state index contributed by atoms with van der Waals surface area (Å²) in [7, 11) is 1.52. The third kappa shape index (κ3) is 6.47. The predicted octanol–water partition coefficient (Wildman–Crippen LogP) is 3.13. The minimum Gasteiger partial charge on any atom is -0.493 e. The normalized spacial score (nSPS) is 14.1. The van der Waals surface area contributed by atoms with Crippen LogP contribution in [-0.4, -0.2) is 66.7 Å². The molecule has 4 rings (SSSR count). The lowest BCUT2D eigenvalue weighted by Gasteiger charge is -2.26. The van der Waals surface area contributed by atoms with Crippen molar-refractivity contribution in [3.05, 3.63) is 65.2 Å². The third-order valence-corrected chi connectivity index (χ3v) is 5.80. The van der Waals surface area contributed by atoms with E-state index >= 15 is 0 Å². The van der Waals surface area contributed by atoms with Gasteiger partial charge in [-0.05, 0) is 35.9 Å². The molecule has 1 aliphatic rings. The van der Waals surface area contributed by atoms with Gasteiger partial charge in [-0.15, -0.1) is 0 Å². The van der Waals surface area contributed by atoms with Crippen LogP contribution in [-0.2, 0) is 11.2 Å². The number of rotatable bonds is 9. The number of hydrogen-bond donors (Lipinski definition) is 1. The standard InChI is InChI=1S/C23H25FN4O4S/c1-30-20-15-17(22(29)25-8-9-28-10-12-31-13-11-28)4-7-19(20)32-23-26-21(27-33-23)14-16-2-5-18(24)6-3-16/h2-7,15H,8-14H2,1H3,(H,25,29). The summed E-state index contributed by atoms with van der Waals surface area (Å²) < 4.78 is 34.0. The van der Waals surface area contributed by atoms with Gasteiger partial charge in [-0.1, -0.05) is 12.1 Å². The Kier molecular flexibility index (Phi) is 7.82. The second kappa shape index (κ2) is 11.2. The number of ether oxygens (including phenoxy) is 3. The number of amides is 1. The van der Waals surface area contributed by atoms with Crippen LogP contribution in [0.5, 0.6) is 16.7 Å². The monoisotopic (exact) mass is 472 g/mol. The van der Waals surface area contributed by atoms with Gasteiger partial charge in [0.1, 0.15) is 5.82 Å². The largest absolute Gasteiger partial charge is 0.493 e. The van der Waals surface area contributed by atoms with Crippen LogP contribution in [0, 0.1) is 5.82 Å². The average Bonchev–Trinajstić information content (AvgIpc) is 3.28. The molecule has 1 saturated heterocycles. The molecule has 1 N–H and O–H groups in total. The number of nitrogens with one attached hydrogen (secondary N) is 1. The van der Waals surface area contributed by atoms with Crippen molar-refractivity contribution < 1.29 is 23.4 Å². The Morgan fingerprint density at radius 1 is 1.18 bits per heavy atom. The fraction of sp³-hybridized carbons (Fsp3) is 0.348. The molecule has 1 aliphatic heterocycles. The number of carbonyl (C=O) groups excluding carboxylic acids is 1. The van der Waals surface area contributed by atoms with Gasteiger partial charge in [0, 0.05) is 49.7 Å². The molecule has 0 spiro atoms. The number of nitrogens with zero attached hydrogens (tertiary/aromatic N) is 3. The first-order chi connectivity index (χ1) is 16.1. The number of halogens is 1. The van der Waals surface area contributed by atoms with E-state index in [4.69, 9.17) is 14.2 Å². The van der Waals surface area contributed by atoms with Crippen LogP contribution < -0.4 is 14.8 Å². The third-order valence-electron chi connectivity index (χ3n) is 5.17. The van der Waals surface area contributed by atoms with Gasteiger partial charge in [0.15, 0.2) is 17.3 Å². The van der Waals surface area contributed by atoms with Crippen molar-refractivity contribution in [1.82, 2.24) is 19.6 Å². The van der Waals surface area contributed by atoms with Crippen molar-refractivity contribution in [3.8, 4) is 16.7 Å². The Morgan fingerprint density at radius 2 is 1.97 bits per heavy atom. The zero-order valence-electron chi connectivity index (χ0n) is 18.3. The molecule has 10 heteroatoms. The number of morpholine rings is 1. The van der Waals surface area contributed by atoms with Crippen LogP contribution in [0.2, 0.25) is 0 Å². The predicted molar refractivity (Wildman–Crippen MR) is 122 cm³/mol. The van der Waals surface area contributed by atoms with E-state index in [-0.39, 0.29) is 11.7 Å². The molecule has 0 atom stereocenters. The first kappa shape index (κ1) is 23.1. The molecule has 33 heavy (non-hydrogen) atoms. The average molecular weight is 473 g/mol. The Hall–Kier alpha value is -3.08. The minimum absolute atomic E-state index is 0.175. The fourth-order valence-corrected chi connectivity index (χ4v) is 3.94. The maximum atomic E-state index is 13.1. The van der Waals surface area contributed by atoms with Crippen LogP contribution >= 0.6 is 11.5 Å². The number of carbonyl (C=O) groups is 1. The summed E-state index contributed by atoms with van der Waals surface area (Å²) in [6.45, 7) is 4.57. The molecule has 0 saturated carbocycles. The maximum Gasteiger partial charge on any atom is 0.298 e. The highest BCUT2D eigenvalue weighted by atomic mass is 32.1. The molecule has 174 valence electrons. The zero-order valence-corrected chi connectivity index (χ0v) is 19.1. The van der Waals surface area contributed by atoms with Gasteiger partial charge in [0.05, 0.1) is 20.3 Å². The van der Waals surface area contributed by atoms with E-state index in [0.29, 0.717) is 41.0 Å². The number of benzene rings is 2. The van der Waals surface area contributed by atoms with Crippen molar-refractivity contribution in [2.75, 3.05) is 46.5 Å². The van der Waals surface area contributed by atoms with Crippen LogP contribution in [0.4, 0.5) is 4.39 Å². The summed E-state index contributed by atoms with van der Waals surface area (Å²) in [6.07, 6.45) is 0.473. The topological polar surface area (TPSA) is 85.8 Å². The van der Waals surface area contributed by atoms with Crippen molar-refractivity contribution in [2.24, 2.45) is 0 Å². The summed E-state index contributed by atoms with van der Waals surface area (Å²) >= 11 is 1.12. The van der Waals surface area contributed by atoms with Crippen LogP contribution in [0.1, 0.15) is 21.7 Å². The second-order valence-corrected chi connectivity index (χ2v) is 8.17. The van der Waals surface area contributed by atoms with Crippen molar-refractivity contribution in [2.45, 2.75) is 6.42 Å². The Labute approximate surface area is 195 Å². The van der Waals surface area contributed by atoms with Gasteiger partial charge in [-0.2, -0.15) is 9.36 Å². The van der Waals surface area contributed by atoms with E-state index in [1.54, 1.807) is 30.3 Å². The molecule has 1 aromatic heterocycles. The first-order valence-corrected chi connectivity index (χ1v) is 11.4. The lowest BCUT2D eigenvalue weighted by Crippen LogP contribution is -2.41. The summed E-state index contributed by atoms with van der Waals surface area (Å²) in [4.78, 5) is 19.2. The number of methoxy groups -OCH3 is 1. The Balaban J connectivity index is 1.34. The van der Waals surface area contributed by atoms with E-state index in [0.717, 1.165) is 49.9 Å². The molecule has 1 amide bonds. The van der Waals surface area contributed by atoms with Crippen molar-refractivity contribution in [3.63, 3.8) is 0 Å². The highest BCUT2D eigenvalue weighted by Crippen LogP contribution is 2.33. The van der Waals surface area contributed by atoms with E-state index in [1.165, 1.54) is 19.2 Å². The van der Waals surface area contributed by atoms with Gasteiger partial charge in [0.25, 0.3) is 11.1 Å². The van der Waals surface area contributed by atoms with Crippen LogP contribution in [0.3, 0.4) is 0 Å². The molecular formula is C23H25FN4O4S. The van der Waals surface area contributed by atoms with Crippen LogP contribution in [0.15, 0.2) is 42.5 Å². The van der Waals surface area contributed by atoms with Gasteiger partial charge in [-0.3, -0.25) is 9.69 Å². The molecular weight excluding hydrogens is 447 g/mol. The lowest BCUT2D eigenvalue weighted by molar-refractivity contribution is 0.0383. The van der Waals surface area contributed by atoms with Gasteiger partial charge in [-0.25, -0.2) is 4.39 Å². The molecule has 3 aromatic rings. The molecule has 2 aromatic carbocycles. The SMILES string of the molecule is COc1cc(C(=O)NCCN2CCOCC2)ccc1Oc1nc(Cc2ccc(F)cc2)ns1. The van der Waals surface area contributed by atoms with Gasteiger partial charge < -0.3 is 19.5 Å². The molecule has 1 fully saturated rings. The summed E-state index contributed by atoms with van der Waals surface area (Å²) in [6, 6.07) is 11.2. The number of aromatic nitrogens is 2. The van der Waals surface area contributed by atoms with E-state index in [9.17, 15) is 9.18 Å². The molecule has 2 heterocycles. The maximum absolute atomic E-state index is 13.1. The smallest absolute Gasteiger partial charge is 0.298 e. The molecule has 0 bridgehead atoms. The zero-order chi connectivity index (χ0) is 23.0. The van der Waals surface area contributed by atoms with Gasteiger partial charge >= 0.3 is 0 Å². The van der Waals surface area contributed by atoms with E-state index in [2.05, 4.69) is 19.6 Å². The van der Waals surface area contributed by atoms with E-state index in [1.807, 2.05) is 0 Å². The lowest BCUT2D eigenvalue weighted by atomic mass is 10.1. The van der Waals surface area contributed by atoms with E-state index < -0.39 is 0 Å². The van der Waals surface area contributed by atoms with Gasteiger partial charge in [0.2, 0.25) is 0 Å². The highest BCUT2D eigenvalue weighted by molar-refractivity contribution is 7.07. The van der Waals surface area contributed by atoms with Crippen LogP contribution in [0.25, 0.3) is 0 Å². The minimum atomic E-state index is -0.282. The fourth-order valence-electron chi connectivity index (χ4n) is 3.38. The molecule has 0 radical (unpaired) electrons. The first-order valence-electron chi connectivity index (χ1n) is 10.6. The highest BCUT2D eigenvalue weighted by Gasteiger charge is 2.15. The Bertz CT molecular complexity index is 1070. The quantitative estimate of drug-likeness (QED) is 0.512. The summed E-state index contributed by atoms with van der Waals surface area (Å²) in [5, 5.41) is 3.29. The molecule has 0 aliphatic carbocycles. The molecule has 8 nitrogen and oxygen atoms in total.